The fourth-order valence-corrected chi connectivity index (χ4v) is 2.26. The zero-order valence-electron chi connectivity index (χ0n) is 13.8. The van der Waals surface area contributed by atoms with Gasteiger partial charge in [0.25, 0.3) is 11.6 Å². The van der Waals surface area contributed by atoms with E-state index in [1.807, 2.05) is 0 Å². The molecule has 9 nitrogen and oxygen atoms in total. The quantitative estimate of drug-likeness (QED) is 0.536. The van der Waals surface area contributed by atoms with Crippen molar-refractivity contribution in [1.29, 1.82) is 0 Å². The van der Waals surface area contributed by atoms with Crippen LogP contribution >= 0.6 is 0 Å². The summed E-state index contributed by atoms with van der Waals surface area (Å²) in [5, 5.41) is 17.7. The molecule has 2 heterocycles. The van der Waals surface area contributed by atoms with Crippen LogP contribution in [0.5, 0.6) is 5.88 Å². The Balaban J connectivity index is 1.66. The van der Waals surface area contributed by atoms with Crippen LogP contribution in [-0.4, -0.2) is 32.7 Å². The van der Waals surface area contributed by atoms with Crippen molar-refractivity contribution in [1.82, 2.24) is 20.1 Å². The molecule has 0 spiro atoms. The first-order chi connectivity index (χ1) is 12.6. The largest absolute Gasteiger partial charge is 0.481 e. The molecule has 0 aliphatic carbocycles. The van der Waals surface area contributed by atoms with Crippen molar-refractivity contribution in [3.63, 3.8) is 0 Å². The van der Waals surface area contributed by atoms with Crippen LogP contribution in [0.4, 0.5) is 5.69 Å². The van der Waals surface area contributed by atoms with E-state index in [0.717, 1.165) is 5.56 Å². The van der Waals surface area contributed by atoms with Crippen molar-refractivity contribution >= 4 is 11.6 Å². The third-order valence-corrected chi connectivity index (χ3v) is 3.61. The molecule has 0 aliphatic rings. The van der Waals surface area contributed by atoms with Gasteiger partial charge < -0.3 is 10.1 Å². The van der Waals surface area contributed by atoms with Crippen LogP contribution < -0.4 is 10.1 Å². The van der Waals surface area contributed by atoms with Gasteiger partial charge >= 0.3 is 0 Å². The summed E-state index contributed by atoms with van der Waals surface area (Å²) < 4.78 is 6.52. The summed E-state index contributed by atoms with van der Waals surface area (Å²) in [6, 6.07) is 11.0. The fourth-order valence-electron chi connectivity index (χ4n) is 2.26. The molecule has 132 valence electrons. The lowest BCUT2D eigenvalue weighted by molar-refractivity contribution is -0.384. The number of nitro benzene ring substituents is 1. The second kappa shape index (κ2) is 7.43. The normalized spacial score (nSPS) is 10.3. The smallest absolute Gasteiger partial charge is 0.272 e. The predicted octanol–water partition coefficient (Wildman–Crippen LogP) is 2.11. The van der Waals surface area contributed by atoms with Crippen molar-refractivity contribution in [3.8, 4) is 11.6 Å². The summed E-state index contributed by atoms with van der Waals surface area (Å²) in [7, 11) is 1.52. The maximum Gasteiger partial charge on any atom is 0.272 e. The van der Waals surface area contributed by atoms with E-state index in [9.17, 15) is 14.9 Å². The number of nitrogens with one attached hydrogen (secondary N) is 1. The molecule has 2 aromatic heterocycles. The van der Waals surface area contributed by atoms with E-state index in [4.69, 9.17) is 4.74 Å². The summed E-state index contributed by atoms with van der Waals surface area (Å²) in [5.74, 6) is 0.139. The number of nitrogens with zero attached hydrogens (tertiary/aromatic N) is 4. The lowest BCUT2D eigenvalue weighted by Crippen LogP contribution is -2.23. The van der Waals surface area contributed by atoms with Gasteiger partial charge in [0.1, 0.15) is 0 Å². The van der Waals surface area contributed by atoms with Crippen molar-refractivity contribution < 1.29 is 14.5 Å². The Kier molecular flexibility index (Phi) is 4.88. The molecule has 26 heavy (non-hydrogen) atoms. The van der Waals surface area contributed by atoms with Gasteiger partial charge in [0.2, 0.25) is 5.88 Å². The van der Waals surface area contributed by atoms with E-state index < -0.39 is 4.92 Å². The summed E-state index contributed by atoms with van der Waals surface area (Å²) in [5.41, 5.74) is 1.70. The van der Waals surface area contributed by atoms with E-state index in [0.29, 0.717) is 18.1 Å². The minimum absolute atomic E-state index is 0.00773. The number of nitro groups is 1. The molecule has 0 aliphatic heterocycles. The topological polar surface area (TPSA) is 112 Å². The minimum Gasteiger partial charge on any atom is -0.481 e. The van der Waals surface area contributed by atoms with Crippen molar-refractivity contribution in [2.75, 3.05) is 7.11 Å². The third-order valence-electron chi connectivity index (χ3n) is 3.61. The van der Waals surface area contributed by atoms with Gasteiger partial charge in [0, 0.05) is 37.1 Å². The molecule has 0 saturated carbocycles. The van der Waals surface area contributed by atoms with Crippen LogP contribution in [-0.2, 0) is 6.54 Å². The highest BCUT2D eigenvalue weighted by molar-refractivity contribution is 5.92. The number of benzene rings is 1. The zero-order chi connectivity index (χ0) is 18.5. The standard InChI is InChI=1S/C17H15N5O4/c1-26-16-10-12(6-8-18-16)11-19-17(23)15-7-9-21(20-15)13-2-4-14(5-3-13)22(24)25/h2-10H,11H2,1H3,(H,19,23). The van der Waals surface area contributed by atoms with Gasteiger partial charge in [-0.2, -0.15) is 5.10 Å². The SMILES string of the molecule is COc1cc(CNC(=O)c2ccn(-c3ccc([N+](=O)[O-])cc3)n2)ccn1. The number of pyridine rings is 1. The monoisotopic (exact) mass is 353 g/mol. The summed E-state index contributed by atoms with van der Waals surface area (Å²) in [6.07, 6.45) is 3.22. The number of non-ortho nitro benzene ring substituents is 1. The van der Waals surface area contributed by atoms with Crippen molar-refractivity contribution in [2.24, 2.45) is 0 Å². The molecular formula is C17H15N5O4. The minimum atomic E-state index is -0.472. The van der Waals surface area contributed by atoms with Gasteiger partial charge in [-0.15, -0.1) is 0 Å². The molecule has 9 heteroatoms. The molecule has 0 atom stereocenters. The van der Waals surface area contributed by atoms with Crippen LogP contribution in [0.25, 0.3) is 5.69 Å². The number of rotatable bonds is 6. The van der Waals surface area contributed by atoms with Crippen LogP contribution in [0.2, 0.25) is 0 Å². The average Bonchev–Trinajstić information content (AvgIpc) is 3.16. The van der Waals surface area contributed by atoms with Crippen LogP contribution in [0.15, 0.2) is 54.9 Å². The highest BCUT2D eigenvalue weighted by Gasteiger charge is 2.11. The fraction of sp³-hybridized carbons (Fsp3) is 0.118. The molecule has 1 N–H and O–H groups in total. The van der Waals surface area contributed by atoms with Crippen LogP contribution in [0, 0.1) is 10.1 Å². The maximum absolute atomic E-state index is 12.2. The molecule has 1 amide bonds. The molecule has 0 radical (unpaired) electrons. The van der Waals surface area contributed by atoms with E-state index >= 15 is 0 Å². The van der Waals surface area contributed by atoms with Crippen LogP contribution in [0.1, 0.15) is 16.1 Å². The molecule has 0 saturated heterocycles. The van der Waals surface area contributed by atoms with Crippen molar-refractivity contribution in [3.05, 3.63) is 76.2 Å². The average molecular weight is 353 g/mol. The van der Waals surface area contributed by atoms with Crippen LogP contribution in [0.3, 0.4) is 0 Å². The molecule has 1 aromatic carbocycles. The zero-order valence-corrected chi connectivity index (χ0v) is 13.8. The second-order valence-corrected chi connectivity index (χ2v) is 5.31. The summed E-state index contributed by atoms with van der Waals surface area (Å²) >= 11 is 0. The summed E-state index contributed by atoms with van der Waals surface area (Å²) in [6.45, 7) is 0.308. The molecule has 3 aromatic rings. The van der Waals surface area contributed by atoms with Crippen molar-refractivity contribution in [2.45, 2.75) is 6.54 Å². The first kappa shape index (κ1) is 17.1. The lowest BCUT2D eigenvalue weighted by atomic mass is 10.2. The number of hydrogen-bond acceptors (Lipinski definition) is 6. The Morgan fingerprint density at radius 3 is 2.73 bits per heavy atom. The highest BCUT2D eigenvalue weighted by Crippen LogP contribution is 2.15. The Morgan fingerprint density at radius 2 is 2.04 bits per heavy atom. The highest BCUT2D eigenvalue weighted by atomic mass is 16.6. The number of carbonyl (C=O) groups is 1. The molecule has 0 unspecified atom stereocenters. The molecule has 0 fully saturated rings. The number of ether oxygens (including phenoxy) is 1. The lowest BCUT2D eigenvalue weighted by Gasteiger charge is -2.05. The molecular weight excluding hydrogens is 338 g/mol. The first-order valence-corrected chi connectivity index (χ1v) is 7.64. The third kappa shape index (κ3) is 3.83. The first-order valence-electron chi connectivity index (χ1n) is 7.64. The van der Waals surface area contributed by atoms with Gasteiger partial charge in [-0.05, 0) is 29.8 Å². The number of carbonyl (C=O) groups excluding carboxylic acids is 1. The Labute approximate surface area is 148 Å². The number of methoxy groups -OCH3 is 1. The van der Waals surface area contributed by atoms with Gasteiger partial charge in [-0.3, -0.25) is 14.9 Å². The van der Waals surface area contributed by atoms with Gasteiger partial charge in [0.15, 0.2) is 5.69 Å². The number of amides is 1. The van der Waals surface area contributed by atoms with E-state index in [-0.39, 0.29) is 17.3 Å². The van der Waals surface area contributed by atoms with Gasteiger partial charge in [0.05, 0.1) is 17.7 Å². The Morgan fingerprint density at radius 1 is 1.27 bits per heavy atom. The van der Waals surface area contributed by atoms with E-state index in [1.165, 1.54) is 23.9 Å². The summed E-state index contributed by atoms with van der Waals surface area (Å²) in [4.78, 5) is 26.5. The maximum atomic E-state index is 12.2. The van der Waals surface area contributed by atoms with E-state index in [2.05, 4.69) is 15.4 Å². The number of hydrogen-bond donors (Lipinski definition) is 1. The number of aromatic nitrogens is 3. The second-order valence-electron chi connectivity index (χ2n) is 5.31. The molecule has 0 bridgehead atoms. The Bertz CT molecular complexity index is 936. The van der Waals surface area contributed by atoms with Gasteiger partial charge in [-0.25, -0.2) is 9.67 Å². The Hall–Kier alpha value is -3.75. The predicted molar refractivity (Wildman–Crippen MR) is 92.2 cm³/mol. The molecule has 3 rings (SSSR count). The van der Waals surface area contributed by atoms with E-state index in [1.54, 1.807) is 42.7 Å². The van der Waals surface area contributed by atoms with Gasteiger partial charge in [-0.1, -0.05) is 0 Å².